The molecule has 0 aliphatic carbocycles. The van der Waals surface area contributed by atoms with Crippen LogP contribution in [0, 0.1) is 0 Å². The highest BCUT2D eigenvalue weighted by molar-refractivity contribution is 5.90. The van der Waals surface area contributed by atoms with Crippen LogP contribution in [0.3, 0.4) is 0 Å². The van der Waals surface area contributed by atoms with Gasteiger partial charge >= 0.3 is 5.97 Å². The van der Waals surface area contributed by atoms with Crippen molar-refractivity contribution in [2.24, 2.45) is 0 Å². The first-order valence-corrected chi connectivity index (χ1v) is 6.01. The molecular formula is C16H14O4. The Morgan fingerprint density at radius 3 is 2.20 bits per heavy atom. The van der Waals surface area contributed by atoms with Crippen molar-refractivity contribution in [3.63, 3.8) is 0 Å². The normalized spacial score (nSPS) is 10.9. The van der Waals surface area contributed by atoms with Crippen LogP contribution >= 0.6 is 0 Å². The summed E-state index contributed by atoms with van der Waals surface area (Å²) < 4.78 is 10.4. The van der Waals surface area contributed by atoms with Crippen molar-refractivity contribution in [3.05, 3.63) is 65.9 Å². The van der Waals surface area contributed by atoms with E-state index in [0.717, 1.165) is 5.56 Å². The van der Waals surface area contributed by atoms with Crippen LogP contribution in [0.4, 0.5) is 0 Å². The Morgan fingerprint density at radius 1 is 1.00 bits per heavy atom. The Kier molecular flexibility index (Phi) is 4.39. The van der Waals surface area contributed by atoms with E-state index >= 15 is 0 Å². The zero-order chi connectivity index (χ0) is 14.4. The molecule has 0 aliphatic heterocycles. The van der Waals surface area contributed by atoms with Gasteiger partial charge in [-0.15, -0.1) is 0 Å². The summed E-state index contributed by atoms with van der Waals surface area (Å²) in [6.45, 7) is 0. The van der Waals surface area contributed by atoms with Gasteiger partial charge in [0, 0.05) is 0 Å². The van der Waals surface area contributed by atoms with Gasteiger partial charge in [-0.1, -0.05) is 30.3 Å². The molecule has 0 saturated carbocycles. The predicted octanol–water partition coefficient (Wildman–Crippen LogP) is 3.20. The van der Waals surface area contributed by atoms with Crippen LogP contribution < -0.4 is 9.47 Å². The average molecular weight is 270 g/mol. The number of ether oxygens (including phenoxy) is 2. The number of carboxylic acid groups (broad SMARTS) is 1. The minimum Gasteiger partial charge on any atom is -0.497 e. The predicted molar refractivity (Wildman–Crippen MR) is 75.7 cm³/mol. The molecule has 0 spiro atoms. The third kappa shape index (κ3) is 3.62. The van der Waals surface area contributed by atoms with Crippen LogP contribution in [0.2, 0.25) is 0 Å². The summed E-state index contributed by atoms with van der Waals surface area (Å²) in [7, 11) is 1.58. The summed E-state index contributed by atoms with van der Waals surface area (Å²) in [6.07, 6.45) is 1.47. The molecule has 20 heavy (non-hydrogen) atoms. The highest BCUT2D eigenvalue weighted by Crippen LogP contribution is 2.17. The van der Waals surface area contributed by atoms with E-state index in [-0.39, 0.29) is 5.76 Å². The SMILES string of the molecule is COc1ccc(/C=C(\Oc2ccccc2)C(=O)O)cc1. The number of rotatable bonds is 5. The second-order valence-corrected chi connectivity index (χ2v) is 4.00. The van der Waals surface area contributed by atoms with Gasteiger partial charge in [0.05, 0.1) is 7.11 Å². The van der Waals surface area contributed by atoms with Crippen LogP contribution in [0.1, 0.15) is 5.56 Å². The number of hydrogen-bond acceptors (Lipinski definition) is 3. The standard InChI is InChI=1S/C16H14O4/c1-19-13-9-7-12(8-10-13)11-15(16(17)18)20-14-5-3-2-4-6-14/h2-11H,1H3,(H,17,18)/b15-11-. The second-order valence-electron chi connectivity index (χ2n) is 4.00. The fourth-order valence-corrected chi connectivity index (χ4v) is 1.60. The number of carbonyl (C=O) groups is 1. The number of para-hydroxylation sites is 1. The minimum atomic E-state index is -1.12. The van der Waals surface area contributed by atoms with Crippen molar-refractivity contribution in [3.8, 4) is 11.5 Å². The van der Waals surface area contributed by atoms with Gasteiger partial charge in [0.2, 0.25) is 5.76 Å². The summed E-state index contributed by atoms with van der Waals surface area (Å²) in [5, 5.41) is 9.18. The lowest BCUT2D eigenvalue weighted by Gasteiger charge is -2.06. The molecule has 0 radical (unpaired) electrons. The van der Waals surface area contributed by atoms with E-state index < -0.39 is 5.97 Å². The van der Waals surface area contributed by atoms with Crippen molar-refractivity contribution in [2.75, 3.05) is 7.11 Å². The van der Waals surface area contributed by atoms with E-state index in [2.05, 4.69) is 0 Å². The van der Waals surface area contributed by atoms with Crippen molar-refractivity contribution in [2.45, 2.75) is 0 Å². The first-order valence-electron chi connectivity index (χ1n) is 6.01. The molecule has 2 aromatic carbocycles. The van der Waals surface area contributed by atoms with Gasteiger partial charge in [-0.3, -0.25) is 0 Å². The van der Waals surface area contributed by atoms with Crippen molar-refractivity contribution in [1.82, 2.24) is 0 Å². The molecule has 2 aromatic rings. The highest BCUT2D eigenvalue weighted by atomic mass is 16.5. The van der Waals surface area contributed by atoms with E-state index in [1.807, 2.05) is 6.07 Å². The van der Waals surface area contributed by atoms with Gasteiger partial charge in [0.1, 0.15) is 11.5 Å². The summed E-state index contributed by atoms with van der Waals surface area (Å²) in [5.74, 6) is -0.0660. The van der Waals surface area contributed by atoms with Gasteiger partial charge in [0.15, 0.2) is 0 Å². The van der Waals surface area contributed by atoms with Gasteiger partial charge in [-0.25, -0.2) is 4.79 Å². The number of hydrogen-bond donors (Lipinski definition) is 1. The zero-order valence-corrected chi connectivity index (χ0v) is 10.9. The highest BCUT2D eigenvalue weighted by Gasteiger charge is 2.10. The Labute approximate surface area is 116 Å². The fourth-order valence-electron chi connectivity index (χ4n) is 1.60. The third-order valence-electron chi connectivity index (χ3n) is 2.60. The van der Waals surface area contributed by atoms with E-state index in [1.54, 1.807) is 55.6 Å². The average Bonchev–Trinajstić information content (AvgIpc) is 2.48. The number of carboxylic acids is 1. The van der Waals surface area contributed by atoms with Crippen molar-refractivity contribution < 1.29 is 19.4 Å². The third-order valence-corrected chi connectivity index (χ3v) is 2.60. The largest absolute Gasteiger partial charge is 0.497 e. The molecule has 4 heteroatoms. The molecule has 0 unspecified atom stereocenters. The van der Waals surface area contributed by atoms with E-state index in [4.69, 9.17) is 9.47 Å². The van der Waals surface area contributed by atoms with Gasteiger partial charge in [0.25, 0.3) is 0 Å². The number of benzene rings is 2. The molecule has 0 amide bonds. The van der Waals surface area contributed by atoms with Crippen LogP contribution in [0.5, 0.6) is 11.5 Å². The summed E-state index contributed by atoms with van der Waals surface area (Å²) in [5.41, 5.74) is 0.721. The molecular weight excluding hydrogens is 256 g/mol. The maximum Gasteiger partial charge on any atom is 0.371 e. The molecule has 1 N–H and O–H groups in total. The molecule has 0 fully saturated rings. The smallest absolute Gasteiger partial charge is 0.371 e. The fraction of sp³-hybridized carbons (Fsp3) is 0.0625. The van der Waals surface area contributed by atoms with Crippen LogP contribution in [0.15, 0.2) is 60.4 Å². The first-order chi connectivity index (χ1) is 9.69. The molecule has 2 rings (SSSR count). The molecule has 0 aromatic heterocycles. The minimum absolute atomic E-state index is 0.138. The second kappa shape index (κ2) is 6.43. The van der Waals surface area contributed by atoms with Crippen LogP contribution in [-0.4, -0.2) is 18.2 Å². The maximum absolute atomic E-state index is 11.2. The summed E-state index contributed by atoms with van der Waals surface area (Å²) in [6, 6.07) is 15.8. The monoisotopic (exact) mass is 270 g/mol. The van der Waals surface area contributed by atoms with Crippen LogP contribution in [0.25, 0.3) is 6.08 Å². The van der Waals surface area contributed by atoms with Crippen molar-refractivity contribution >= 4 is 12.0 Å². The molecule has 0 aliphatic rings. The van der Waals surface area contributed by atoms with Gasteiger partial charge in [-0.2, -0.15) is 0 Å². The lowest BCUT2D eigenvalue weighted by molar-refractivity contribution is -0.134. The zero-order valence-electron chi connectivity index (χ0n) is 10.9. The van der Waals surface area contributed by atoms with E-state index in [0.29, 0.717) is 11.5 Å². The number of aliphatic carboxylic acids is 1. The van der Waals surface area contributed by atoms with E-state index in [9.17, 15) is 9.90 Å². The summed E-state index contributed by atoms with van der Waals surface area (Å²) in [4.78, 5) is 11.2. The molecule has 4 nitrogen and oxygen atoms in total. The molecule has 0 atom stereocenters. The molecule has 0 saturated heterocycles. The molecule has 102 valence electrons. The Balaban J connectivity index is 2.23. The molecule has 0 heterocycles. The molecule has 0 bridgehead atoms. The first kappa shape index (κ1) is 13.7. The van der Waals surface area contributed by atoms with Crippen LogP contribution in [-0.2, 0) is 4.79 Å². The topological polar surface area (TPSA) is 55.8 Å². The quantitative estimate of drug-likeness (QED) is 0.669. The summed E-state index contributed by atoms with van der Waals surface area (Å²) >= 11 is 0. The Bertz CT molecular complexity index is 600. The van der Waals surface area contributed by atoms with Gasteiger partial charge in [-0.05, 0) is 35.9 Å². The van der Waals surface area contributed by atoms with Gasteiger partial charge < -0.3 is 14.6 Å². The lowest BCUT2D eigenvalue weighted by Crippen LogP contribution is -2.07. The maximum atomic E-state index is 11.2. The number of methoxy groups -OCH3 is 1. The Hall–Kier alpha value is -2.75. The van der Waals surface area contributed by atoms with E-state index in [1.165, 1.54) is 6.08 Å². The Morgan fingerprint density at radius 2 is 1.65 bits per heavy atom. The van der Waals surface area contributed by atoms with Crippen molar-refractivity contribution in [1.29, 1.82) is 0 Å². The lowest BCUT2D eigenvalue weighted by atomic mass is 10.2.